The monoisotopic (exact) mass is 284 g/mol. The Labute approximate surface area is 123 Å². The van der Waals surface area contributed by atoms with Crippen molar-refractivity contribution in [2.45, 2.75) is 0 Å². The highest BCUT2D eigenvalue weighted by Gasteiger charge is 2.15. The molecule has 0 aliphatic carbocycles. The predicted molar refractivity (Wildman–Crippen MR) is 81.3 cm³/mol. The van der Waals surface area contributed by atoms with E-state index in [1.165, 1.54) is 0 Å². The van der Waals surface area contributed by atoms with E-state index in [1.54, 1.807) is 18.2 Å². The van der Waals surface area contributed by atoms with E-state index >= 15 is 0 Å². The van der Waals surface area contributed by atoms with E-state index in [2.05, 4.69) is 10.2 Å². The van der Waals surface area contributed by atoms with E-state index in [0.717, 1.165) is 18.0 Å². The Morgan fingerprint density at radius 3 is 2.86 bits per heavy atom. The summed E-state index contributed by atoms with van der Waals surface area (Å²) >= 11 is 0. The van der Waals surface area contributed by atoms with Crippen molar-refractivity contribution in [1.82, 2.24) is 0 Å². The van der Waals surface area contributed by atoms with Crippen LogP contribution in [-0.4, -0.2) is 26.3 Å². The van der Waals surface area contributed by atoms with Gasteiger partial charge in [0.2, 0.25) is 0 Å². The van der Waals surface area contributed by atoms with Crippen molar-refractivity contribution in [1.29, 1.82) is 0 Å². The number of benzene rings is 2. The largest absolute Gasteiger partial charge is 0.489 e. The zero-order valence-corrected chi connectivity index (χ0v) is 11.7. The van der Waals surface area contributed by atoms with Crippen LogP contribution in [0.1, 0.15) is 0 Å². The third-order valence-electron chi connectivity index (χ3n) is 3.26. The number of nitrogens with one attached hydrogen (secondary N) is 1. The normalized spacial score (nSPS) is 13.1. The lowest BCUT2D eigenvalue weighted by molar-refractivity contribution is 0.215. The number of amides is 1. The summed E-state index contributed by atoms with van der Waals surface area (Å²) in [6.07, 6.45) is -0.523. The average Bonchev–Trinajstić information content (AvgIpc) is 2.48. The number of carbonyl (C=O) groups is 1. The minimum atomic E-state index is -0.523. The summed E-state index contributed by atoms with van der Waals surface area (Å²) in [5.41, 5.74) is 1.66. The second-order valence-electron chi connectivity index (χ2n) is 4.78. The van der Waals surface area contributed by atoms with Gasteiger partial charge in [0.15, 0.2) is 0 Å². The Kier molecular flexibility index (Phi) is 3.64. The molecule has 0 saturated carbocycles. The summed E-state index contributed by atoms with van der Waals surface area (Å²) in [6, 6.07) is 14.5. The minimum Gasteiger partial charge on any atom is -0.489 e. The summed E-state index contributed by atoms with van der Waals surface area (Å²) in [4.78, 5) is 13.9. The van der Waals surface area contributed by atoms with Crippen LogP contribution in [0.25, 0.3) is 0 Å². The van der Waals surface area contributed by atoms with Gasteiger partial charge >= 0.3 is 6.09 Å². The summed E-state index contributed by atoms with van der Waals surface area (Å²) in [7, 11) is 2.01. The molecule has 1 amide bonds. The van der Waals surface area contributed by atoms with Gasteiger partial charge in [-0.2, -0.15) is 0 Å². The summed E-state index contributed by atoms with van der Waals surface area (Å²) in [6.45, 7) is 1.50. The van der Waals surface area contributed by atoms with Gasteiger partial charge in [-0.25, -0.2) is 4.79 Å². The Morgan fingerprint density at radius 1 is 1.24 bits per heavy atom. The summed E-state index contributed by atoms with van der Waals surface area (Å²) < 4.78 is 10.8. The number of fused-ring (bicyclic) bond motifs is 1. The molecule has 0 radical (unpaired) electrons. The van der Waals surface area contributed by atoms with Crippen molar-refractivity contribution in [3.63, 3.8) is 0 Å². The Balaban J connectivity index is 1.69. The van der Waals surface area contributed by atoms with Crippen LogP contribution in [0.3, 0.4) is 0 Å². The topological polar surface area (TPSA) is 50.8 Å². The van der Waals surface area contributed by atoms with Crippen LogP contribution in [-0.2, 0) is 0 Å². The second-order valence-corrected chi connectivity index (χ2v) is 4.78. The van der Waals surface area contributed by atoms with Gasteiger partial charge in [-0.1, -0.05) is 18.2 Å². The first kappa shape index (κ1) is 13.3. The lowest BCUT2D eigenvalue weighted by Gasteiger charge is -2.27. The maximum atomic E-state index is 11.8. The number of para-hydroxylation sites is 1. The molecule has 1 N–H and O–H groups in total. The van der Waals surface area contributed by atoms with Gasteiger partial charge in [0.25, 0.3) is 0 Å². The lowest BCUT2D eigenvalue weighted by Crippen LogP contribution is -2.28. The molecular formula is C16H16N2O3. The molecule has 0 spiro atoms. The molecule has 21 heavy (non-hydrogen) atoms. The van der Waals surface area contributed by atoms with Gasteiger partial charge in [-0.3, -0.25) is 5.32 Å². The highest BCUT2D eigenvalue weighted by Crippen LogP contribution is 2.33. The van der Waals surface area contributed by atoms with Crippen LogP contribution in [0.15, 0.2) is 48.5 Å². The summed E-state index contributed by atoms with van der Waals surface area (Å²) in [5.74, 6) is 1.27. The number of likely N-dealkylation sites (N-methyl/N-ethyl adjacent to an activating group) is 1. The van der Waals surface area contributed by atoms with Crippen LogP contribution in [0.4, 0.5) is 16.2 Å². The Bertz CT molecular complexity index is 643. The third kappa shape index (κ3) is 3.08. The maximum Gasteiger partial charge on any atom is 0.417 e. The van der Waals surface area contributed by atoms with Crippen LogP contribution in [0.5, 0.6) is 11.5 Å². The van der Waals surface area contributed by atoms with Gasteiger partial charge in [-0.15, -0.1) is 0 Å². The van der Waals surface area contributed by atoms with E-state index in [-0.39, 0.29) is 0 Å². The minimum absolute atomic E-state index is 0.504. The number of anilines is 2. The predicted octanol–water partition coefficient (Wildman–Crippen LogP) is 3.13. The van der Waals surface area contributed by atoms with Gasteiger partial charge in [-0.05, 0) is 24.3 Å². The Morgan fingerprint density at radius 2 is 2.05 bits per heavy atom. The molecule has 1 aliphatic rings. The smallest absolute Gasteiger partial charge is 0.417 e. The van der Waals surface area contributed by atoms with Crippen molar-refractivity contribution < 1.29 is 14.3 Å². The molecular weight excluding hydrogens is 268 g/mol. The molecule has 5 nitrogen and oxygen atoms in total. The van der Waals surface area contributed by atoms with Crippen molar-refractivity contribution in [2.24, 2.45) is 0 Å². The first-order valence-electron chi connectivity index (χ1n) is 6.74. The van der Waals surface area contributed by atoms with E-state index < -0.39 is 6.09 Å². The molecule has 2 aromatic rings. The van der Waals surface area contributed by atoms with Crippen LogP contribution >= 0.6 is 0 Å². The molecule has 2 aromatic carbocycles. The van der Waals surface area contributed by atoms with E-state index in [4.69, 9.17) is 9.47 Å². The van der Waals surface area contributed by atoms with E-state index in [0.29, 0.717) is 18.0 Å². The van der Waals surface area contributed by atoms with E-state index in [1.807, 2.05) is 37.4 Å². The number of hydrogen-bond acceptors (Lipinski definition) is 4. The summed E-state index contributed by atoms with van der Waals surface area (Å²) in [5, 5.41) is 2.70. The SMILES string of the molecule is CN1CCOc2cc(NC(=O)Oc3ccccc3)ccc21. The average molecular weight is 284 g/mol. The molecule has 0 bridgehead atoms. The lowest BCUT2D eigenvalue weighted by atomic mass is 10.2. The number of hydrogen-bond donors (Lipinski definition) is 1. The zero-order valence-electron chi connectivity index (χ0n) is 11.7. The molecule has 0 saturated heterocycles. The van der Waals surface area contributed by atoms with Gasteiger partial charge in [0.1, 0.15) is 18.1 Å². The van der Waals surface area contributed by atoms with Gasteiger partial charge < -0.3 is 14.4 Å². The number of nitrogens with zero attached hydrogens (tertiary/aromatic N) is 1. The van der Waals surface area contributed by atoms with Gasteiger partial charge in [0, 0.05) is 18.8 Å². The van der Waals surface area contributed by atoms with Crippen LogP contribution in [0, 0.1) is 0 Å². The van der Waals surface area contributed by atoms with Crippen molar-refractivity contribution in [3.8, 4) is 11.5 Å². The fourth-order valence-electron chi connectivity index (χ4n) is 2.17. The fourth-order valence-corrected chi connectivity index (χ4v) is 2.17. The second kappa shape index (κ2) is 5.75. The highest BCUT2D eigenvalue weighted by molar-refractivity contribution is 5.87. The first-order chi connectivity index (χ1) is 10.2. The molecule has 3 rings (SSSR count). The number of ether oxygens (including phenoxy) is 2. The molecule has 0 atom stereocenters. The van der Waals surface area contributed by atoms with Gasteiger partial charge in [0.05, 0.1) is 12.2 Å². The van der Waals surface area contributed by atoms with Crippen LogP contribution in [0.2, 0.25) is 0 Å². The third-order valence-corrected chi connectivity index (χ3v) is 3.26. The molecule has 0 unspecified atom stereocenters. The molecule has 1 aliphatic heterocycles. The number of rotatable bonds is 2. The molecule has 0 fully saturated rings. The molecule has 1 heterocycles. The highest BCUT2D eigenvalue weighted by atomic mass is 16.6. The fraction of sp³-hybridized carbons (Fsp3) is 0.188. The first-order valence-corrected chi connectivity index (χ1v) is 6.74. The quantitative estimate of drug-likeness (QED) is 0.920. The Hall–Kier alpha value is -2.69. The zero-order chi connectivity index (χ0) is 14.7. The molecule has 5 heteroatoms. The molecule has 0 aromatic heterocycles. The van der Waals surface area contributed by atoms with Crippen molar-refractivity contribution in [2.75, 3.05) is 30.4 Å². The standard InChI is InChI=1S/C16H16N2O3/c1-18-9-10-20-15-11-12(7-8-14(15)18)17-16(19)21-13-5-3-2-4-6-13/h2-8,11H,9-10H2,1H3,(H,17,19). The van der Waals surface area contributed by atoms with Crippen LogP contribution < -0.4 is 19.7 Å². The maximum absolute atomic E-state index is 11.8. The number of carbonyl (C=O) groups excluding carboxylic acids is 1. The van der Waals surface area contributed by atoms with Crippen molar-refractivity contribution >= 4 is 17.5 Å². The molecule has 108 valence electrons. The van der Waals surface area contributed by atoms with Crippen molar-refractivity contribution in [3.05, 3.63) is 48.5 Å². The van der Waals surface area contributed by atoms with E-state index in [9.17, 15) is 4.79 Å².